The lowest BCUT2D eigenvalue weighted by Crippen LogP contribution is -2.04. The summed E-state index contributed by atoms with van der Waals surface area (Å²) >= 11 is 10.3. The molecule has 1 aliphatic rings. The van der Waals surface area contributed by atoms with E-state index in [2.05, 4.69) is 45.9 Å². The first kappa shape index (κ1) is 13.8. The number of aromatic nitrogens is 2. The predicted molar refractivity (Wildman–Crippen MR) is 89.0 cm³/mol. The van der Waals surface area contributed by atoms with E-state index < -0.39 is 0 Å². The van der Waals surface area contributed by atoms with E-state index in [1.165, 1.54) is 31.2 Å². The molecule has 1 aliphatic carbocycles. The van der Waals surface area contributed by atoms with Crippen LogP contribution in [0.3, 0.4) is 0 Å². The van der Waals surface area contributed by atoms with Crippen molar-refractivity contribution in [1.29, 1.82) is 0 Å². The Morgan fingerprint density at radius 2 is 2.05 bits per heavy atom. The Kier molecular flexibility index (Phi) is 4.10. The number of aryl methyl sites for hydroxylation is 1. The zero-order valence-electron chi connectivity index (χ0n) is 10.6. The van der Waals surface area contributed by atoms with Gasteiger partial charge in [0.2, 0.25) is 0 Å². The Morgan fingerprint density at radius 1 is 1.32 bits per heavy atom. The van der Waals surface area contributed by atoms with Gasteiger partial charge in [-0.25, -0.2) is 9.97 Å². The Morgan fingerprint density at radius 3 is 2.68 bits per heavy atom. The number of hydrogen-bond donors (Lipinski definition) is 0. The number of hydrogen-bond acceptors (Lipinski definition) is 3. The molecule has 0 radical (unpaired) electrons. The highest BCUT2D eigenvalue weighted by Crippen LogP contribution is 2.38. The average Bonchev–Trinajstić information content (AvgIpc) is 3.03. The van der Waals surface area contributed by atoms with Crippen molar-refractivity contribution in [3.8, 4) is 10.7 Å². The number of nitrogens with zero attached hydrogens (tertiary/aromatic N) is 2. The molecule has 5 heteroatoms. The Bertz CT molecular complexity index is 605. The van der Waals surface area contributed by atoms with E-state index in [0.717, 1.165) is 20.0 Å². The van der Waals surface area contributed by atoms with Gasteiger partial charge in [0, 0.05) is 5.92 Å². The fraction of sp³-hybridized carbons (Fsp3) is 0.429. The van der Waals surface area contributed by atoms with E-state index in [1.54, 1.807) is 11.3 Å². The Hall–Kier alpha value is -0.200. The molecule has 1 saturated carbocycles. The van der Waals surface area contributed by atoms with Crippen molar-refractivity contribution >= 4 is 45.5 Å². The van der Waals surface area contributed by atoms with E-state index >= 15 is 0 Å². The van der Waals surface area contributed by atoms with Crippen molar-refractivity contribution in [2.45, 2.75) is 38.5 Å². The van der Waals surface area contributed by atoms with Crippen molar-refractivity contribution < 1.29 is 0 Å². The molecule has 19 heavy (non-hydrogen) atoms. The molecule has 2 aromatic rings. The number of thiophene rings is 1. The van der Waals surface area contributed by atoms with Crippen LogP contribution in [0.1, 0.15) is 42.9 Å². The van der Waals surface area contributed by atoms with E-state index in [1.807, 2.05) is 0 Å². The SMILES string of the molecule is Cc1ccsc1-c1nc(Cl)c(I)c(C2CCCC2)n1. The monoisotopic (exact) mass is 404 g/mol. The molecule has 0 unspecified atom stereocenters. The van der Waals surface area contributed by atoms with Crippen LogP contribution in [0.25, 0.3) is 10.7 Å². The van der Waals surface area contributed by atoms with Crippen LogP contribution in [0.15, 0.2) is 11.4 Å². The second-order valence-electron chi connectivity index (χ2n) is 4.95. The third-order valence-corrected chi connectivity index (χ3v) is 6.31. The topological polar surface area (TPSA) is 25.8 Å². The molecule has 0 aliphatic heterocycles. The smallest absolute Gasteiger partial charge is 0.171 e. The molecule has 2 aromatic heterocycles. The van der Waals surface area contributed by atoms with Crippen molar-refractivity contribution in [1.82, 2.24) is 9.97 Å². The maximum atomic E-state index is 6.31. The molecule has 0 saturated heterocycles. The molecule has 0 aromatic carbocycles. The van der Waals surface area contributed by atoms with Crippen LogP contribution in [0, 0.1) is 10.5 Å². The molecule has 3 rings (SSSR count). The Labute approximate surface area is 135 Å². The zero-order valence-corrected chi connectivity index (χ0v) is 14.3. The normalized spacial score (nSPS) is 16.2. The molecule has 100 valence electrons. The summed E-state index contributed by atoms with van der Waals surface area (Å²) in [6.07, 6.45) is 5.06. The largest absolute Gasteiger partial charge is 0.231 e. The molecule has 2 nitrogen and oxygen atoms in total. The van der Waals surface area contributed by atoms with Crippen LogP contribution < -0.4 is 0 Å². The molecule has 0 amide bonds. The third-order valence-electron chi connectivity index (χ3n) is 3.64. The summed E-state index contributed by atoms with van der Waals surface area (Å²) in [5.41, 5.74) is 2.38. The first-order valence-corrected chi connectivity index (χ1v) is 8.78. The predicted octanol–water partition coefficient (Wildman–Crippen LogP) is 5.43. The van der Waals surface area contributed by atoms with Crippen LogP contribution in [-0.4, -0.2) is 9.97 Å². The summed E-state index contributed by atoms with van der Waals surface area (Å²) in [7, 11) is 0. The second-order valence-corrected chi connectivity index (χ2v) is 7.30. The quantitative estimate of drug-likeness (QED) is 0.493. The maximum Gasteiger partial charge on any atom is 0.171 e. The molecular weight excluding hydrogens is 391 g/mol. The highest BCUT2D eigenvalue weighted by Gasteiger charge is 2.24. The van der Waals surface area contributed by atoms with Crippen molar-refractivity contribution in [3.63, 3.8) is 0 Å². The van der Waals surface area contributed by atoms with Crippen LogP contribution in [0.2, 0.25) is 5.15 Å². The maximum absolute atomic E-state index is 6.31. The van der Waals surface area contributed by atoms with Crippen LogP contribution in [-0.2, 0) is 0 Å². The summed E-state index contributed by atoms with van der Waals surface area (Å²) in [4.78, 5) is 10.4. The Balaban J connectivity index is 2.10. The number of halogens is 2. The van der Waals surface area contributed by atoms with Gasteiger partial charge in [0.05, 0.1) is 14.1 Å². The van der Waals surface area contributed by atoms with Gasteiger partial charge >= 0.3 is 0 Å². The van der Waals surface area contributed by atoms with E-state index in [0.29, 0.717) is 11.1 Å². The lowest BCUT2D eigenvalue weighted by molar-refractivity contribution is 0.690. The van der Waals surface area contributed by atoms with Crippen LogP contribution in [0.4, 0.5) is 0 Å². The van der Waals surface area contributed by atoms with Gasteiger partial charge in [0.1, 0.15) is 5.15 Å². The van der Waals surface area contributed by atoms with E-state index in [-0.39, 0.29) is 0 Å². The molecule has 0 spiro atoms. The average molecular weight is 405 g/mol. The fourth-order valence-corrected chi connectivity index (χ4v) is 4.33. The second kappa shape index (κ2) is 5.66. The summed E-state index contributed by atoms with van der Waals surface area (Å²) in [5, 5.41) is 2.68. The molecular formula is C14H14ClIN2S. The van der Waals surface area contributed by atoms with E-state index in [9.17, 15) is 0 Å². The van der Waals surface area contributed by atoms with Gasteiger partial charge < -0.3 is 0 Å². The number of rotatable bonds is 2. The van der Waals surface area contributed by atoms with Crippen molar-refractivity contribution in [2.24, 2.45) is 0 Å². The molecule has 0 N–H and O–H groups in total. The third kappa shape index (κ3) is 2.67. The summed E-state index contributed by atoms with van der Waals surface area (Å²) in [5.74, 6) is 1.35. The van der Waals surface area contributed by atoms with Gasteiger partial charge in [0.25, 0.3) is 0 Å². The summed E-state index contributed by atoms with van der Waals surface area (Å²) in [6.45, 7) is 2.09. The van der Waals surface area contributed by atoms with Crippen molar-refractivity contribution in [2.75, 3.05) is 0 Å². The van der Waals surface area contributed by atoms with Crippen LogP contribution in [0.5, 0.6) is 0 Å². The molecule has 0 bridgehead atoms. The standard InChI is InChI=1S/C14H14ClIN2S/c1-8-6-7-19-12(8)14-17-11(9-4-2-3-5-9)10(16)13(15)18-14/h6-7,9H,2-5H2,1H3. The minimum absolute atomic E-state index is 0.561. The fourth-order valence-electron chi connectivity index (χ4n) is 2.61. The lowest BCUT2D eigenvalue weighted by Gasteiger charge is -2.13. The van der Waals surface area contributed by atoms with Gasteiger partial charge in [-0.2, -0.15) is 0 Å². The van der Waals surface area contributed by atoms with Gasteiger partial charge in [-0.05, 0) is 59.4 Å². The first-order chi connectivity index (χ1) is 9.16. The van der Waals surface area contributed by atoms with E-state index in [4.69, 9.17) is 16.6 Å². The highest BCUT2D eigenvalue weighted by atomic mass is 127. The van der Waals surface area contributed by atoms with Crippen molar-refractivity contribution in [3.05, 3.63) is 31.4 Å². The molecule has 1 fully saturated rings. The zero-order chi connectivity index (χ0) is 13.4. The minimum atomic E-state index is 0.561. The van der Waals surface area contributed by atoms with Gasteiger partial charge in [0.15, 0.2) is 5.82 Å². The minimum Gasteiger partial charge on any atom is -0.231 e. The molecule has 0 atom stereocenters. The van der Waals surface area contributed by atoms with Gasteiger partial charge in [-0.3, -0.25) is 0 Å². The summed E-state index contributed by atoms with van der Waals surface area (Å²) in [6, 6.07) is 2.10. The summed E-state index contributed by atoms with van der Waals surface area (Å²) < 4.78 is 1.03. The molecule has 2 heterocycles. The lowest BCUT2D eigenvalue weighted by atomic mass is 10.0. The first-order valence-electron chi connectivity index (χ1n) is 6.44. The van der Waals surface area contributed by atoms with Gasteiger partial charge in [-0.15, -0.1) is 11.3 Å². The highest BCUT2D eigenvalue weighted by molar-refractivity contribution is 14.1. The van der Waals surface area contributed by atoms with Gasteiger partial charge in [-0.1, -0.05) is 24.4 Å². The van der Waals surface area contributed by atoms with Crippen LogP contribution >= 0.6 is 45.5 Å².